The van der Waals surface area contributed by atoms with Gasteiger partial charge in [-0.1, -0.05) is 25.1 Å². The van der Waals surface area contributed by atoms with Crippen LogP contribution >= 0.6 is 0 Å². The van der Waals surface area contributed by atoms with Crippen molar-refractivity contribution in [2.24, 2.45) is 0 Å². The smallest absolute Gasteiger partial charge is 0.343 e. The molecule has 5 rings (SSSR count). The van der Waals surface area contributed by atoms with Gasteiger partial charge in [-0.05, 0) is 30.5 Å². The van der Waals surface area contributed by atoms with Gasteiger partial charge in [-0.15, -0.1) is 0 Å². The van der Waals surface area contributed by atoms with Gasteiger partial charge >= 0.3 is 11.9 Å². The molecule has 8 nitrogen and oxygen atoms in total. The van der Waals surface area contributed by atoms with Crippen LogP contribution in [0, 0.1) is 0 Å². The zero-order valence-electron chi connectivity index (χ0n) is 17.8. The molecule has 1 aromatic carbocycles. The van der Waals surface area contributed by atoms with Gasteiger partial charge in [0.05, 0.1) is 36.1 Å². The van der Waals surface area contributed by atoms with Crippen LogP contribution in [-0.4, -0.2) is 33.7 Å². The number of carbonyl (C=O) groups excluding carboxylic acids is 2. The topological polar surface area (TPSA) is 108 Å². The molecule has 0 radical (unpaired) electrons. The fraction of sp³-hybridized carbons (Fsp3) is 0.333. The van der Waals surface area contributed by atoms with Crippen molar-refractivity contribution in [1.82, 2.24) is 9.55 Å². The first-order chi connectivity index (χ1) is 15.4. The quantitative estimate of drug-likeness (QED) is 0.491. The summed E-state index contributed by atoms with van der Waals surface area (Å²) in [4.78, 5) is 42.0. The second-order valence-electron chi connectivity index (χ2n) is 8.16. The van der Waals surface area contributed by atoms with E-state index in [1.165, 1.54) is 7.11 Å². The number of nitrogens with zero attached hydrogens (tertiary/aromatic N) is 2. The Bertz CT molecular complexity index is 1360. The molecule has 0 fully saturated rings. The number of carbonyl (C=O) groups is 2. The van der Waals surface area contributed by atoms with Crippen molar-refractivity contribution < 1.29 is 24.2 Å². The van der Waals surface area contributed by atoms with Crippen LogP contribution in [0.15, 0.2) is 35.1 Å². The number of methoxy groups -OCH3 is 1. The summed E-state index contributed by atoms with van der Waals surface area (Å²) in [6, 6.07) is 9.48. The van der Waals surface area contributed by atoms with Crippen molar-refractivity contribution in [2.45, 2.75) is 44.9 Å². The van der Waals surface area contributed by atoms with E-state index >= 15 is 0 Å². The van der Waals surface area contributed by atoms with Crippen LogP contribution in [0.1, 0.15) is 42.0 Å². The highest BCUT2D eigenvalue weighted by molar-refractivity contribution is 5.88. The van der Waals surface area contributed by atoms with Gasteiger partial charge in [-0.2, -0.15) is 0 Å². The number of aliphatic hydroxyl groups is 1. The summed E-state index contributed by atoms with van der Waals surface area (Å²) >= 11 is 0. The lowest BCUT2D eigenvalue weighted by Gasteiger charge is -2.31. The Morgan fingerprint density at radius 1 is 1.31 bits per heavy atom. The number of para-hydroxylation sites is 1. The molecule has 2 aliphatic rings. The summed E-state index contributed by atoms with van der Waals surface area (Å²) < 4.78 is 11.5. The molecule has 1 atom stereocenters. The molecule has 2 aliphatic heterocycles. The number of esters is 2. The number of aryl methyl sites for hydroxylation is 1. The molecule has 0 spiro atoms. The number of hydrogen-bond acceptors (Lipinski definition) is 7. The average molecular weight is 434 g/mol. The molecule has 2 aromatic heterocycles. The number of aromatic nitrogens is 2. The van der Waals surface area contributed by atoms with Crippen molar-refractivity contribution in [1.29, 1.82) is 0 Å². The van der Waals surface area contributed by atoms with E-state index in [9.17, 15) is 19.5 Å². The molecule has 164 valence electrons. The third kappa shape index (κ3) is 2.86. The van der Waals surface area contributed by atoms with Gasteiger partial charge in [0.25, 0.3) is 5.56 Å². The fourth-order valence-electron chi connectivity index (χ4n) is 4.61. The first-order valence-electron chi connectivity index (χ1n) is 10.5. The predicted octanol–water partition coefficient (Wildman–Crippen LogP) is 2.19. The Balaban J connectivity index is 1.68. The van der Waals surface area contributed by atoms with Crippen LogP contribution < -0.4 is 5.56 Å². The van der Waals surface area contributed by atoms with E-state index in [0.717, 1.165) is 22.0 Å². The first kappa shape index (κ1) is 20.4. The molecule has 0 saturated heterocycles. The van der Waals surface area contributed by atoms with E-state index < -0.39 is 11.6 Å². The van der Waals surface area contributed by atoms with Crippen molar-refractivity contribution in [3.05, 3.63) is 62.9 Å². The summed E-state index contributed by atoms with van der Waals surface area (Å²) in [6.07, 6.45) is 0.815. The Kier molecular flexibility index (Phi) is 4.63. The third-order valence-electron chi connectivity index (χ3n) is 6.45. The number of cyclic esters (lactones) is 1. The molecule has 1 N–H and O–H groups in total. The van der Waals surface area contributed by atoms with E-state index in [-0.39, 0.29) is 31.0 Å². The summed E-state index contributed by atoms with van der Waals surface area (Å²) in [7, 11) is 1.36. The summed E-state index contributed by atoms with van der Waals surface area (Å²) in [6.45, 7) is 1.87. The molecule has 8 heteroatoms. The standard InChI is InChI=1S/C24H22N2O6/c1-3-24(30)17-10-18-21-15(11-26(18)22(28)16(17)12-32-23(24)29)9-14-6-4-5-13(20(14)25-21)7-8-19(27)31-2/h4-6,9-10,30H,3,7-8,11-12H2,1-2H3/t24-/m0/s1. The second kappa shape index (κ2) is 7.27. The fourth-order valence-corrected chi connectivity index (χ4v) is 4.61. The largest absolute Gasteiger partial charge is 0.469 e. The zero-order valence-corrected chi connectivity index (χ0v) is 17.8. The Morgan fingerprint density at radius 3 is 2.88 bits per heavy atom. The maximum absolute atomic E-state index is 13.2. The summed E-state index contributed by atoms with van der Waals surface area (Å²) in [5.41, 5.74) is 2.19. The van der Waals surface area contributed by atoms with Crippen LogP contribution in [-0.2, 0) is 44.2 Å². The lowest BCUT2D eigenvalue weighted by molar-refractivity contribution is -0.172. The van der Waals surface area contributed by atoms with Gasteiger partial charge in [-0.3, -0.25) is 9.59 Å². The molecule has 3 aromatic rings. The molecule has 0 saturated carbocycles. The van der Waals surface area contributed by atoms with Gasteiger partial charge in [0.1, 0.15) is 6.61 Å². The van der Waals surface area contributed by atoms with Crippen molar-refractivity contribution in [2.75, 3.05) is 7.11 Å². The molecule has 0 amide bonds. The number of pyridine rings is 2. The minimum absolute atomic E-state index is 0.0947. The molecule has 32 heavy (non-hydrogen) atoms. The monoisotopic (exact) mass is 434 g/mol. The number of benzene rings is 1. The van der Waals surface area contributed by atoms with E-state index in [1.807, 2.05) is 24.3 Å². The number of hydrogen-bond donors (Lipinski definition) is 1. The number of ether oxygens (including phenoxy) is 2. The van der Waals surface area contributed by atoms with Gasteiger partial charge in [0, 0.05) is 22.9 Å². The summed E-state index contributed by atoms with van der Waals surface area (Å²) in [5.74, 6) is -1.04. The normalized spacial score (nSPS) is 18.7. The molecule has 4 heterocycles. The zero-order chi connectivity index (χ0) is 22.6. The van der Waals surface area contributed by atoms with Gasteiger partial charge < -0.3 is 19.1 Å². The number of rotatable bonds is 4. The van der Waals surface area contributed by atoms with E-state index in [2.05, 4.69) is 0 Å². The van der Waals surface area contributed by atoms with Crippen LogP contribution in [0.4, 0.5) is 0 Å². The van der Waals surface area contributed by atoms with Gasteiger partial charge in [0.2, 0.25) is 0 Å². The molecule has 0 bridgehead atoms. The molecular formula is C24H22N2O6. The third-order valence-corrected chi connectivity index (χ3v) is 6.45. The van der Waals surface area contributed by atoms with Crippen LogP contribution in [0.25, 0.3) is 22.3 Å². The molecule has 0 aliphatic carbocycles. The highest BCUT2D eigenvalue weighted by Crippen LogP contribution is 2.38. The predicted molar refractivity (Wildman–Crippen MR) is 115 cm³/mol. The molecular weight excluding hydrogens is 412 g/mol. The van der Waals surface area contributed by atoms with Crippen molar-refractivity contribution in [3.63, 3.8) is 0 Å². The van der Waals surface area contributed by atoms with Gasteiger partial charge in [-0.25, -0.2) is 9.78 Å². The minimum atomic E-state index is -1.85. The maximum atomic E-state index is 13.2. The number of fused-ring (bicyclic) bond motifs is 5. The van der Waals surface area contributed by atoms with Crippen LogP contribution in [0.5, 0.6) is 0 Å². The minimum Gasteiger partial charge on any atom is -0.469 e. The van der Waals surface area contributed by atoms with E-state index in [1.54, 1.807) is 17.6 Å². The highest BCUT2D eigenvalue weighted by Gasteiger charge is 2.45. The maximum Gasteiger partial charge on any atom is 0.343 e. The Hall–Kier alpha value is -3.52. The Morgan fingerprint density at radius 2 is 2.12 bits per heavy atom. The van der Waals surface area contributed by atoms with Gasteiger partial charge in [0.15, 0.2) is 5.60 Å². The SMILES string of the molecule is CC[C@@]1(O)C(=O)OCc2c1cc1n(c2=O)Cc2cc3cccc(CCC(=O)OC)c3nc2-1. The highest BCUT2D eigenvalue weighted by atomic mass is 16.6. The van der Waals surface area contributed by atoms with Crippen molar-refractivity contribution in [3.8, 4) is 11.4 Å². The van der Waals surface area contributed by atoms with E-state index in [0.29, 0.717) is 35.5 Å². The van der Waals surface area contributed by atoms with Crippen LogP contribution in [0.3, 0.4) is 0 Å². The Labute approximate surface area is 183 Å². The second-order valence-corrected chi connectivity index (χ2v) is 8.16. The first-order valence-corrected chi connectivity index (χ1v) is 10.5. The summed E-state index contributed by atoms with van der Waals surface area (Å²) in [5, 5.41) is 11.9. The molecule has 0 unspecified atom stereocenters. The average Bonchev–Trinajstić information content (AvgIpc) is 3.16. The van der Waals surface area contributed by atoms with E-state index in [4.69, 9.17) is 14.5 Å². The lowest BCUT2D eigenvalue weighted by atomic mass is 9.86. The van der Waals surface area contributed by atoms with Crippen LogP contribution in [0.2, 0.25) is 0 Å². The van der Waals surface area contributed by atoms with Crippen molar-refractivity contribution >= 4 is 22.8 Å². The lowest BCUT2D eigenvalue weighted by Crippen LogP contribution is -2.44.